The smallest absolute Gasteiger partial charge is 0.192 e. The van der Waals surface area contributed by atoms with E-state index in [1.54, 1.807) is 26.0 Å². The van der Waals surface area contributed by atoms with Gasteiger partial charge in [0.25, 0.3) is 0 Å². The maximum Gasteiger partial charge on any atom is 0.192 e. The Balaban J connectivity index is 1.88. The van der Waals surface area contributed by atoms with Crippen LogP contribution in [0.15, 0.2) is 40.8 Å². The predicted octanol–water partition coefficient (Wildman–Crippen LogP) is 4.59. The molecule has 0 amide bonds. The molecule has 3 rings (SSSR count). The average Bonchev–Trinajstić information content (AvgIpc) is 2.81. The Hall–Kier alpha value is -2.43. The summed E-state index contributed by atoms with van der Waals surface area (Å²) in [5, 5.41) is 3.14. The number of rotatable bonds is 3. The van der Waals surface area contributed by atoms with E-state index in [4.69, 9.17) is 4.42 Å². The van der Waals surface area contributed by atoms with Crippen molar-refractivity contribution >= 4 is 16.8 Å². The van der Waals surface area contributed by atoms with Gasteiger partial charge >= 0.3 is 0 Å². The SMILES string of the molecule is Cc1nc2cc(NC(C)c3cccc(F)c3F)ccc2o1. The van der Waals surface area contributed by atoms with Crippen molar-refractivity contribution in [3.63, 3.8) is 0 Å². The number of anilines is 1. The van der Waals surface area contributed by atoms with E-state index < -0.39 is 11.6 Å². The van der Waals surface area contributed by atoms with Crippen molar-refractivity contribution in [3.05, 3.63) is 59.5 Å². The van der Waals surface area contributed by atoms with Gasteiger partial charge in [0.05, 0.1) is 6.04 Å². The minimum absolute atomic E-state index is 0.284. The lowest BCUT2D eigenvalue weighted by Gasteiger charge is -2.16. The lowest BCUT2D eigenvalue weighted by molar-refractivity contribution is 0.494. The number of fused-ring (bicyclic) bond motifs is 1. The lowest BCUT2D eigenvalue weighted by atomic mass is 10.1. The quantitative estimate of drug-likeness (QED) is 0.766. The molecule has 0 aliphatic rings. The van der Waals surface area contributed by atoms with Crippen LogP contribution in [0.2, 0.25) is 0 Å². The molecular formula is C16H14F2N2O. The monoisotopic (exact) mass is 288 g/mol. The van der Waals surface area contributed by atoms with Crippen LogP contribution < -0.4 is 5.32 Å². The van der Waals surface area contributed by atoms with Gasteiger partial charge in [-0.15, -0.1) is 0 Å². The number of benzene rings is 2. The molecule has 1 heterocycles. The van der Waals surface area contributed by atoms with Crippen LogP contribution in [-0.4, -0.2) is 4.98 Å². The Labute approximate surface area is 120 Å². The summed E-state index contributed by atoms with van der Waals surface area (Å²) in [4.78, 5) is 4.24. The summed E-state index contributed by atoms with van der Waals surface area (Å²) < 4.78 is 32.4. The first kappa shape index (κ1) is 13.5. The molecule has 1 unspecified atom stereocenters. The second-order valence-electron chi connectivity index (χ2n) is 4.92. The minimum atomic E-state index is -0.844. The summed E-state index contributed by atoms with van der Waals surface area (Å²) in [6.45, 7) is 3.55. The molecule has 0 spiro atoms. The number of hydrogen-bond donors (Lipinski definition) is 1. The van der Waals surface area contributed by atoms with Crippen molar-refractivity contribution in [2.45, 2.75) is 19.9 Å². The fourth-order valence-electron chi connectivity index (χ4n) is 2.32. The molecular weight excluding hydrogens is 274 g/mol. The highest BCUT2D eigenvalue weighted by Crippen LogP contribution is 2.25. The zero-order valence-corrected chi connectivity index (χ0v) is 11.7. The zero-order valence-electron chi connectivity index (χ0n) is 11.7. The third kappa shape index (κ3) is 2.59. The molecule has 0 aliphatic heterocycles. The van der Waals surface area contributed by atoms with Crippen LogP contribution in [0.25, 0.3) is 11.1 Å². The summed E-state index contributed by atoms with van der Waals surface area (Å²) in [6.07, 6.45) is 0. The van der Waals surface area contributed by atoms with Crippen molar-refractivity contribution < 1.29 is 13.2 Å². The second-order valence-corrected chi connectivity index (χ2v) is 4.92. The van der Waals surface area contributed by atoms with Crippen LogP contribution >= 0.6 is 0 Å². The second kappa shape index (κ2) is 5.16. The molecule has 0 saturated heterocycles. The van der Waals surface area contributed by atoms with Gasteiger partial charge in [-0.2, -0.15) is 0 Å². The number of aryl methyl sites for hydroxylation is 1. The van der Waals surface area contributed by atoms with E-state index in [-0.39, 0.29) is 11.6 Å². The lowest BCUT2D eigenvalue weighted by Crippen LogP contribution is -2.09. The molecule has 1 aromatic heterocycles. The molecule has 5 heteroatoms. The number of hydrogen-bond acceptors (Lipinski definition) is 3. The molecule has 0 aliphatic carbocycles. The van der Waals surface area contributed by atoms with Crippen molar-refractivity contribution in [3.8, 4) is 0 Å². The number of aromatic nitrogens is 1. The van der Waals surface area contributed by atoms with Crippen LogP contribution in [0.5, 0.6) is 0 Å². The van der Waals surface area contributed by atoms with Gasteiger partial charge in [-0.1, -0.05) is 12.1 Å². The summed E-state index contributed by atoms with van der Waals surface area (Å²) in [6, 6.07) is 9.24. The minimum Gasteiger partial charge on any atom is -0.441 e. The number of oxazole rings is 1. The molecule has 108 valence electrons. The Kier molecular flexibility index (Phi) is 3.33. The van der Waals surface area contributed by atoms with Gasteiger partial charge in [0.1, 0.15) is 5.52 Å². The first-order chi connectivity index (χ1) is 10.0. The molecule has 1 atom stereocenters. The summed E-state index contributed by atoms with van der Waals surface area (Å²) in [7, 11) is 0. The molecule has 3 nitrogen and oxygen atoms in total. The molecule has 21 heavy (non-hydrogen) atoms. The van der Waals surface area contributed by atoms with Gasteiger partial charge in [0.15, 0.2) is 23.1 Å². The fraction of sp³-hybridized carbons (Fsp3) is 0.188. The normalized spacial score (nSPS) is 12.6. The highest BCUT2D eigenvalue weighted by atomic mass is 19.2. The van der Waals surface area contributed by atoms with E-state index in [0.29, 0.717) is 11.5 Å². The van der Waals surface area contributed by atoms with Crippen molar-refractivity contribution in [2.24, 2.45) is 0 Å². The van der Waals surface area contributed by atoms with E-state index in [2.05, 4.69) is 10.3 Å². The van der Waals surface area contributed by atoms with Crippen LogP contribution in [0.1, 0.15) is 24.4 Å². The predicted molar refractivity (Wildman–Crippen MR) is 77.1 cm³/mol. The Morgan fingerprint density at radius 2 is 2.00 bits per heavy atom. The Bertz CT molecular complexity index is 798. The molecule has 0 saturated carbocycles. The van der Waals surface area contributed by atoms with Crippen LogP contribution in [-0.2, 0) is 0 Å². The summed E-state index contributed by atoms with van der Waals surface area (Å²) in [5.41, 5.74) is 2.48. The zero-order chi connectivity index (χ0) is 15.0. The largest absolute Gasteiger partial charge is 0.441 e. The van der Waals surface area contributed by atoms with Crippen LogP contribution in [0.4, 0.5) is 14.5 Å². The van der Waals surface area contributed by atoms with Crippen LogP contribution in [0.3, 0.4) is 0 Å². The van der Waals surface area contributed by atoms with Gasteiger partial charge in [-0.25, -0.2) is 13.8 Å². The summed E-state index contributed by atoms with van der Waals surface area (Å²) in [5.74, 6) is -1.08. The average molecular weight is 288 g/mol. The van der Waals surface area contributed by atoms with E-state index in [9.17, 15) is 8.78 Å². The van der Waals surface area contributed by atoms with Gasteiger partial charge < -0.3 is 9.73 Å². The molecule has 0 radical (unpaired) electrons. The Morgan fingerprint density at radius 1 is 1.19 bits per heavy atom. The van der Waals surface area contributed by atoms with E-state index in [0.717, 1.165) is 17.3 Å². The molecule has 0 fully saturated rings. The van der Waals surface area contributed by atoms with Gasteiger partial charge in [-0.05, 0) is 31.2 Å². The molecule has 0 bridgehead atoms. The Morgan fingerprint density at radius 3 is 2.81 bits per heavy atom. The highest BCUT2D eigenvalue weighted by Gasteiger charge is 2.14. The van der Waals surface area contributed by atoms with Crippen molar-refractivity contribution in [1.29, 1.82) is 0 Å². The topological polar surface area (TPSA) is 38.1 Å². The maximum atomic E-state index is 13.8. The molecule has 2 aromatic carbocycles. The number of nitrogens with zero attached hydrogens (tertiary/aromatic N) is 1. The van der Waals surface area contributed by atoms with E-state index in [1.807, 2.05) is 12.1 Å². The summed E-state index contributed by atoms with van der Waals surface area (Å²) >= 11 is 0. The van der Waals surface area contributed by atoms with E-state index in [1.165, 1.54) is 6.07 Å². The fourth-order valence-corrected chi connectivity index (χ4v) is 2.32. The first-order valence-corrected chi connectivity index (χ1v) is 6.62. The van der Waals surface area contributed by atoms with Crippen molar-refractivity contribution in [1.82, 2.24) is 4.98 Å². The van der Waals surface area contributed by atoms with Gasteiger partial charge in [0, 0.05) is 18.2 Å². The molecule has 3 aromatic rings. The van der Waals surface area contributed by atoms with Crippen molar-refractivity contribution in [2.75, 3.05) is 5.32 Å². The maximum absolute atomic E-state index is 13.8. The van der Waals surface area contributed by atoms with Gasteiger partial charge in [-0.3, -0.25) is 0 Å². The highest BCUT2D eigenvalue weighted by molar-refractivity contribution is 5.77. The van der Waals surface area contributed by atoms with Gasteiger partial charge in [0.2, 0.25) is 0 Å². The standard InChI is InChI=1S/C16H14F2N2O/c1-9(12-4-3-5-13(17)16(12)18)19-11-6-7-15-14(8-11)20-10(2)21-15/h3-9,19H,1-2H3. The van der Waals surface area contributed by atoms with Crippen LogP contribution in [0, 0.1) is 18.6 Å². The first-order valence-electron chi connectivity index (χ1n) is 6.62. The third-order valence-electron chi connectivity index (χ3n) is 3.33. The number of halogens is 2. The van der Waals surface area contributed by atoms with E-state index >= 15 is 0 Å². The number of nitrogens with one attached hydrogen (secondary N) is 1. The third-order valence-corrected chi connectivity index (χ3v) is 3.33. The molecule has 1 N–H and O–H groups in total.